The first kappa shape index (κ1) is 15.8. The lowest BCUT2D eigenvalue weighted by molar-refractivity contribution is -0.00897. The second-order valence-electron chi connectivity index (χ2n) is 7.88. The molecular weight excluding hydrogens is 258 g/mol. The van der Waals surface area contributed by atoms with Gasteiger partial charge in [0.2, 0.25) is 0 Å². The first-order valence-electron chi connectivity index (χ1n) is 9.37. The van der Waals surface area contributed by atoms with Crippen LogP contribution in [0.4, 0.5) is 0 Å². The summed E-state index contributed by atoms with van der Waals surface area (Å²) in [5, 5.41) is 0. The zero-order valence-electron chi connectivity index (χ0n) is 14.1. The molecule has 122 valence electrons. The Balaban J connectivity index is 1.65. The van der Waals surface area contributed by atoms with Gasteiger partial charge in [-0.05, 0) is 76.5 Å². The molecule has 21 heavy (non-hydrogen) atoms. The Morgan fingerprint density at radius 2 is 1.90 bits per heavy atom. The Kier molecular flexibility index (Phi) is 5.23. The number of nitrogens with two attached hydrogens (primary N) is 1. The molecule has 0 amide bonds. The fourth-order valence-electron chi connectivity index (χ4n) is 5.37. The van der Waals surface area contributed by atoms with Crippen LogP contribution < -0.4 is 5.73 Å². The lowest BCUT2D eigenvalue weighted by atomic mass is 9.75. The summed E-state index contributed by atoms with van der Waals surface area (Å²) >= 11 is 0. The number of hydrogen-bond donors (Lipinski definition) is 1. The van der Waals surface area contributed by atoms with E-state index in [1.54, 1.807) is 0 Å². The van der Waals surface area contributed by atoms with Crippen LogP contribution in [0.5, 0.6) is 0 Å². The number of nitrogens with zero attached hydrogens (tertiary/aromatic N) is 2. The number of piperidine rings is 2. The molecule has 0 aromatic carbocycles. The average Bonchev–Trinajstić information content (AvgIpc) is 2.54. The topological polar surface area (TPSA) is 32.5 Å². The summed E-state index contributed by atoms with van der Waals surface area (Å²) in [7, 11) is 2.34. The maximum atomic E-state index is 6.11. The summed E-state index contributed by atoms with van der Waals surface area (Å²) in [6, 6.07) is 1.64. The molecule has 2 saturated heterocycles. The standard InChI is InChI=1S/C18H35N3/c1-3-14-6-7-15(12-19)18(11-14)21-10-8-17-16(13-21)5-4-9-20(17)2/h14-18H,3-13,19H2,1-2H3. The van der Waals surface area contributed by atoms with E-state index in [9.17, 15) is 0 Å². The van der Waals surface area contributed by atoms with Gasteiger partial charge in [-0.15, -0.1) is 0 Å². The smallest absolute Gasteiger partial charge is 0.0145 e. The van der Waals surface area contributed by atoms with E-state index in [2.05, 4.69) is 23.8 Å². The minimum atomic E-state index is 0.755. The summed E-state index contributed by atoms with van der Waals surface area (Å²) < 4.78 is 0. The minimum absolute atomic E-state index is 0.755. The maximum absolute atomic E-state index is 6.11. The highest BCUT2D eigenvalue weighted by atomic mass is 15.2. The van der Waals surface area contributed by atoms with Gasteiger partial charge in [0.25, 0.3) is 0 Å². The fraction of sp³-hybridized carbons (Fsp3) is 1.00. The Morgan fingerprint density at radius 3 is 2.67 bits per heavy atom. The van der Waals surface area contributed by atoms with Crippen molar-refractivity contribution in [1.82, 2.24) is 9.80 Å². The predicted octanol–water partition coefficient (Wildman–Crippen LogP) is 2.56. The summed E-state index contributed by atoms with van der Waals surface area (Å²) in [5.74, 6) is 2.62. The molecule has 3 rings (SSSR count). The highest BCUT2D eigenvalue weighted by Crippen LogP contribution is 2.37. The van der Waals surface area contributed by atoms with Crippen LogP contribution in [0, 0.1) is 17.8 Å². The van der Waals surface area contributed by atoms with Gasteiger partial charge in [-0.1, -0.05) is 19.8 Å². The molecule has 0 bridgehead atoms. The van der Waals surface area contributed by atoms with Gasteiger partial charge in [-0.3, -0.25) is 4.90 Å². The van der Waals surface area contributed by atoms with Crippen LogP contribution in [0.3, 0.4) is 0 Å². The molecule has 3 heteroatoms. The van der Waals surface area contributed by atoms with Gasteiger partial charge >= 0.3 is 0 Å². The third-order valence-corrected chi connectivity index (χ3v) is 6.79. The van der Waals surface area contributed by atoms with Crippen molar-refractivity contribution < 1.29 is 0 Å². The number of likely N-dealkylation sites (tertiary alicyclic amines) is 2. The van der Waals surface area contributed by atoms with E-state index >= 15 is 0 Å². The molecule has 2 aliphatic heterocycles. The summed E-state index contributed by atoms with van der Waals surface area (Å²) in [4.78, 5) is 5.47. The lowest BCUT2D eigenvalue weighted by Crippen LogP contribution is -2.57. The second kappa shape index (κ2) is 6.97. The van der Waals surface area contributed by atoms with Crippen LogP contribution in [0.15, 0.2) is 0 Å². The molecule has 1 aliphatic carbocycles. The van der Waals surface area contributed by atoms with Crippen molar-refractivity contribution in [1.29, 1.82) is 0 Å². The normalized spacial score (nSPS) is 42.7. The quantitative estimate of drug-likeness (QED) is 0.868. The SMILES string of the molecule is CCC1CCC(CN)C(N2CCC3C(CCCN3C)C2)C1. The molecule has 2 N–H and O–H groups in total. The number of rotatable bonds is 3. The molecule has 3 fully saturated rings. The first-order chi connectivity index (χ1) is 10.2. The van der Waals surface area contributed by atoms with Crippen molar-refractivity contribution in [3.63, 3.8) is 0 Å². The molecule has 3 aliphatic rings. The van der Waals surface area contributed by atoms with Gasteiger partial charge in [0.05, 0.1) is 0 Å². The molecule has 0 spiro atoms. The Labute approximate surface area is 131 Å². The monoisotopic (exact) mass is 293 g/mol. The van der Waals surface area contributed by atoms with E-state index in [-0.39, 0.29) is 0 Å². The van der Waals surface area contributed by atoms with Gasteiger partial charge in [0, 0.05) is 18.6 Å². The summed E-state index contributed by atoms with van der Waals surface area (Å²) in [6.07, 6.45) is 9.77. The van der Waals surface area contributed by atoms with Crippen LogP contribution in [0.25, 0.3) is 0 Å². The molecule has 0 aromatic heterocycles. The number of fused-ring (bicyclic) bond motifs is 1. The van der Waals surface area contributed by atoms with E-state index in [0.29, 0.717) is 0 Å². The molecule has 5 unspecified atom stereocenters. The Hall–Kier alpha value is -0.120. The maximum Gasteiger partial charge on any atom is 0.0145 e. The summed E-state index contributed by atoms with van der Waals surface area (Å²) in [6.45, 7) is 7.22. The van der Waals surface area contributed by atoms with Crippen LogP contribution >= 0.6 is 0 Å². The van der Waals surface area contributed by atoms with Crippen LogP contribution in [-0.2, 0) is 0 Å². The third-order valence-electron chi connectivity index (χ3n) is 6.79. The van der Waals surface area contributed by atoms with Crippen LogP contribution in [0.1, 0.15) is 51.9 Å². The largest absolute Gasteiger partial charge is 0.330 e. The molecule has 2 heterocycles. The Bertz CT molecular complexity index is 332. The highest BCUT2D eigenvalue weighted by Gasteiger charge is 2.39. The van der Waals surface area contributed by atoms with Gasteiger partial charge in [-0.2, -0.15) is 0 Å². The fourth-order valence-corrected chi connectivity index (χ4v) is 5.37. The first-order valence-corrected chi connectivity index (χ1v) is 9.37. The van der Waals surface area contributed by atoms with Crippen molar-refractivity contribution in [2.75, 3.05) is 33.2 Å². The van der Waals surface area contributed by atoms with E-state index in [4.69, 9.17) is 5.73 Å². The summed E-state index contributed by atoms with van der Waals surface area (Å²) in [5.41, 5.74) is 6.11. The average molecular weight is 293 g/mol. The molecule has 0 radical (unpaired) electrons. The van der Waals surface area contributed by atoms with Crippen LogP contribution in [-0.4, -0.2) is 55.1 Å². The Morgan fingerprint density at radius 1 is 1.05 bits per heavy atom. The van der Waals surface area contributed by atoms with E-state index in [1.165, 1.54) is 64.6 Å². The van der Waals surface area contributed by atoms with Crippen molar-refractivity contribution in [2.45, 2.75) is 64.0 Å². The van der Waals surface area contributed by atoms with Gasteiger partial charge < -0.3 is 10.6 Å². The minimum Gasteiger partial charge on any atom is -0.330 e. The van der Waals surface area contributed by atoms with E-state index in [1.807, 2.05) is 0 Å². The zero-order chi connectivity index (χ0) is 14.8. The van der Waals surface area contributed by atoms with Crippen LogP contribution in [0.2, 0.25) is 0 Å². The second-order valence-corrected chi connectivity index (χ2v) is 7.88. The van der Waals surface area contributed by atoms with Gasteiger partial charge in [0.15, 0.2) is 0 Å². The highest BCUT2D eigenvalue weighted by molar-refractivity contribution is 4.94. The van der Waals surface area contributed by atoms with E-state index in [0.717, 1.165) is 36.4 Å². The third kappa shape index (κ3) is 3.30. The van der Waals surface area contributed by atoms with Crippen molar-refractivity contribution in [3.05, 3.63) is 0 Å². The molecule has 5 atom stereocenters. The molecule has 3 nitrogen and oxygen atoms in total. The number of hydrogen-bond acceptors (Lipinski definition) is 3. The van der Waals surface area contributed by atoms with Crippen molar-refractivity contribution in [2.24, 2.45) is 23.5 Å². The molecular formula is C18H35N3. The van der Waals surface area contributed by atoms with Gasteiger partial charge in [0.1, 0.15) is 0 Å². The van der Waals surface area contributed by atoms with Crippen molar-refractivity contribution in [3.8, 4) is 0 Å². The van der Waals surface area contributed by atoms with Gasteiger partial charge in [-0.25, -0.2) is 0 Å². The zero-order valence-corrected chi connectivity index (χ0v) is 14.1. The molecule has 1 saturated carbocycles. The molecule has 0 aromatic rings. The lowest BCUT2D eigenvalue weighted by Gasteiger charge is -2.51. The predicted molar refractivity (Wildman–Crippen MR) is 89.3 cm³/mol. The van der Waals surface area contributed by atoms with Crippen molar-refractivity contribution >= 4 is 0 Å². The van der Waals surface area contributed by atoms with E-state index < -0.39 is 0 Å².